The topological polar surface area (TPSA) is 41.6 Å². The van der Waals surface area contributed by atoms with Crippen molar-refractivity contribution in [2.45, 2.75) is 39.0 Å². The molecular weight excluding hydrogens is 373 g/mol. The molecule has 1 atom stereocenters. The van der Waals surface area contributed by atoms with Crippen molar-refractivity contribution >= 4 is 29.9 Å². The predicted octanol–water partition coefficient (Wildman–Crippen LogP) is 3.84. The highest BCUT2D eigenvalue weighted by molar-refractivity contribution is 14.0. The SMILES string of the molecule is CC(C)C(CN=C(N)N1CCCCC1)c1ccccc1.I. The van der Waals surface area contributed by atoms with Crippen LogP contribution in [-0.4, -0.2) is 30.5 Å². The van der Waals surface area contributed by atoms with Gasteiger partial charge in [-0.15, -0.1) is 24.0 Å². The van der Waals surface area contributed by atoms with Gasteiger partial charge in [-0.05, 0) is 30.7 Å². The molecule has 1 unspecified atom stereocenters. The van der Waals surface area contributed by atoms with E-state index in [-0.39, 0.29) is 24.0 Å². The molecule has 1 aromatic rings. The molecule has 1 fully saturated rings. The largest absolute Gasteiger partial charge is 0.370 e. The summed E-state index contributed by atoms with van der Waals surface area (Å²) in [5.41, 5.74) is 7.51. The first-order chi connectivity index (χ1) is 9.68. The molecule has 21 heavy (non-hydrogen) atoms. The molecule has 0 radical (unpaired) electrons. The summed E-state index contributed by atoms with van der Waals surface area (Å²) < 4.78 is 0. The molecule has 1 saturated heterocycles. The number of nitrogens with two attached hydrogens (primary N) is 1. The van der Waals surface area contributed by atoms with Crippen molar-refractivity contribution in [2.24, 2.45) is 16.6 Å². The van der Waals surface area contributed by atoms with Crippen molar-refractivity contribution in [3.63, 3.8) is 0 Å². The lowest BCUT2D eigenvalue weighted by Gasteiger charge is -2.28. The average molecular weight is 401 g/mol. The van der Waals surface area contributed by atoms with Crippen LogP contribution in [0.25, 0.3) is 0 Å². The van der Waals surface area contributed by atoms with E-state index >= 15 is 0 Å². The number of hydrogen-bond acceptors (Lipinski definition) is 1. The third-order valence-corrected chi connectivity index (χ3v) is 4.16. The van der Waals surface area contributed by atoms with E-state index in [2.05, 4.69) is 54.1 Å². The molecule has 1 heterocycles. The predicted molar refractivity (Wildman–Crippen MR) is 101 cm³/mol. The van der Waals surface area contributed by atoms with Gasteiger partial charge in [0, 0.05) is 25.6 Å². The van der Waals surface area contributed by atoms with Gasteiger partial charge in [-0.2, -0.15) is 0 Å². The fraction of sp³-hybridized carbons (Fsp3) is 0.588. The van der Waals surface area contributed by atoms with Gasteiger partial charge in [0.05, 0.1) is 0 Å². The Morgan fingerprint density at radius 1 is 1.14 bits per heavy atom. The van der Waals surface area contributed by atoms with E-state index in [0.29, 0.717) is 11.8 Å². The van der Waals surface area contributed by atoms with Crippen LogP contribution >= 0.6 is 24.0 Å². The maximum absolute atomic E-state index is 6.15. The van der Waals surface area contributed by atoms with Crippen LogP contribution in [0.5, 0.6) is 0 Å². The van der Waals surface area contributed by atoms with Gasteiger partial charge in [-0.1, -0.05) is 44.2 Å². The van der Waals surface area contributed by atoms with Crippen molar-refractivity contribution in [1.29, 1.82) is 0 Å². The summed E-state index contributed by atoms with van der Waals surface area (Å²) in [6.07, 6.45) is 3.80. The summed E-state index contributed by atoms with van der Waals surface area (Å²) in [5, 5.41) is 0. The molecule has 3 nitrogen and oxygen atoms in total. The highest BCUT2D eigenvalue weighted by atomic mass is 127. The Bertz CT molecular complexity index is 425. The van der Waals surface area contributed by atoms with Crippen LogP contribution in [0.1, 0.15) is 44.6 Å². The molecule has 4 heteroatoms. The number of likely N-dealkylation sites (tertiary alicyclic amines) is 1. The van der Waals surface area contributed by atoms with Gasteiger partial charge < -0.3 is 10.6 Å². The molecule has 1 aromatic carbocycles. The van der Waals surface area contributed by atoms with Gasteiger partial charge in [0.25, 0.3) is 0 Å². The van der Waals surface area contributed by atoms with E-state index < -0.39 is 0 Å². The number of rotatable bonds is 4. The lowest BCUT2D eigenvalue weighted by atomic mass is 9.88. The summed E-state index contributed by atoms with van der Waals surface area (Å²) >= 11 is 0. The normalized spacial score (nSPS) is 17.5. The second-order valence-corrected chi connectivity index (χ2v) is 6.01. The minimum absolute atomic E-state index is 0. The number of piperidine rings is 1. The van der Waals surface area contributed by atoms with Gasteiger partial charge >= 0.3 is 0 Å². The lowest BCUT2D eigenvalue weighted by Crippen LogP contribution is -2.41. The maximum Gasteiger partial charge on any atom is 0.191 e. The van der Waals surface area contributed by atoms with Crippen LogP contribution in [0, 0.1) is 5.92 Å². The molecular formula is C17H28IN3. The Labute approximate surface area is 146 Å². The van der Waals surface area contributed by atoms with Crippen molar-refractivity contribution < 1.29 is 0 Å². The summed E-state index contributed by atoms with van der Waals surface area (Å²) in [7, 11) is 0. The molecule has 1 aliphatic rings. The number of guanidine groups is 1. The summed E-state index contributed by atoms with van der Waals surface area (Å²) in [6.45, 7) is 7.42. The molecule has 2 rings (SSSR count). The highest BCUT2D eigenvalue weighted by Crippen LogP contribution is 2.24. The third-order valence-electron chi connectivity index (χ3n) is 4.16. The van der Waals surface area contributed by atoms with Crippen LogP contribution in [0.15, 0.2) is 35.3 Å². The van der Waals surface area contributed by atoms with Gasteiger partial charge in [0.2, 0.25) is 0 Å². The molecule has 0 bridgehead atoms. The molecule has 0 amide bonds. The van der Waals surface area contributed by atoms with E-state index in [9.17, 15) is 0 Å². The number of nitrogens with zero attached hydrogens (tertiary/aromatic N) is 2. The monoisotopic (exact) mass is 401 g/mol. The van der Waals surface area contributed by atoms with E-state index in [1.54, 1.807) is 0 Å². The number of aliphatic imine (C=N–C) groups is 1. The van der Waals surface area contributed by atoms with Crippen molar-refractivity contribution in [2.75, 3.05) is 19.6 Å². The van der Waals surface area contributed by atoms with Crippen molar-refractivity contribution in [3.8, 4) is 0 Å². The van der Waals surface area contributed by atoms with Gasteiger partial charge in [-0.3, -0.25) is 4.99 Å². The number of hydrogen-bond donors (Lipinski definition) is 1. The second kappa shape index (κ2) is 9.28. The molecule has 0 saturated carbocycles. The van der Waals surface area contributed by atoms with Crippen LogP contribution in [0.2, 0.25) is 0 Å². The first-order valence-electron chi connectivity index (χ1n) is 7.78. The number of halogens is 1. The zero-order valence-corrected chi connectivity index (χ0v) is 15.5. The Hall–Kier alpha value is -0.780. The quantitative estimate of drug-likeness (QED) is 0.473. The fourth-order valence-corrected chi connectivity index (χ4v) is 2.82. The summed E-state index contributed by atoms with van der Waals surface area (Å²) in [6, 6.07) is 10.6. The van der Waals surface area contributed by atoms with Crippen LogP contribution < -0.4 is 5.73 Å². The van der Waals surface area contributed by atoms with Gasteiger partial charge in [0.1, 0.15) is 0 Å². The maximum atomic E-state index is 6.15. The Morgan fingerprint density at radius 3 is 2.33 bits per heavy atom. The van der Waals surface area contributed by atoms with Crippen LogP contribution in [0.3, 0.4) is 0 Å². The zero-order valence-electron chi connectivity index (χ0n) is 13.2. The third kappa shape index (κ3) is 5.49. The molecule has 118 valence electrons. The standard InChI is InChI=1S/C17H27N3.HI/c1-14(2)16(15-9-5-3-6-10-15)13-19-17(18)20-11-7-4-8-12-20;/h3,5-6,9-10,14,16H,4,7-8,11-13H2,1-2H3,(H2,18,19);1H. The van der Waals surface area contributed by atoms with Gasteiger partial charge in [-0.25, -0.2) is 0 Å². The minimum atomic E-state index is 0. The highest BCUT2D eigenvalue weighted by Gasteiger charge is 2.17. The van der Waals surface area contributed by atoms with E-state index in [0.717, 1.165) is 25.6 Å². The van der Waals surface area contributed by atoms with E-state index in [1.165, 1.54) is 24.8 Å². The molecule has 0 aliphatic carbocycles. The van der Waals surface area contributed by atoms with Crippen LogP contribution in [0.4, 0.5) is 0 Å². The average Bonchev–Trinajstić information content (AvgIpc) is 2.49. The van der Waals surface area contributed by atoms with Gasteiger partial charge in [0.15, 0.2) is 5.96 Å². The van der Waals surface area contributed by atoms with E-state index in [1.807, 2.05) is 0 Å². The Kier molecular flexibility index (Phi) is 8.07. The second-order valence-electron chi connectivity index (χ2n) is 6.01. The fourth-order valence-electron chi connectivity index (χ4n) is 2.82. The Morgan fingerprint density at radius 2 is 1.76 bits per heavy atom. The molecule has 0 aromatic heterocycles. The zero-order chi connectivity index (χ0) is 14.4. The first kappa shape index (κ1) is 18.3. The summed E-state index contributed by atoms with van der Waals surface area (Å²) in [5.74, 6) is 1.74. The van der Waals surface area contributed by atoms with E-state index in [4.69, 9.17) is 5.73 Å². The summed E-state index contributed by atoms with van der Waals surface area (Å²) in [4.78, 5) is 6.89. The van der Waals surface area contributed by atoms with Crippen molar-refractivity contribution in [1.82, 2.24) is 4.90 Å². The molecule has 2 N–H and O–H groups in total. The molecule has 1 aliphatic heterocycles. The minimum Gasteiger partial charge on any atom is -0.370 e. The Balaban J connectivity index is 0.00000220. The molecule has 0 spiro atoms. The first-order valence-corrected chi connectivity index (χ1v) is 7.78. The smallest absolute Gasteiger partial charge is 0.191 e. The van der Waals surface area contributed by atoms with Crippen LogP contribution in [-0.2, 0) is 0 Å². The van der Waals surface area contributed by atoms with Crippen molar-refractivity contribution in [3.05, 3.63) is 35.9 Å². The lowest BCUT2D eigenvalue weighted by molar-refractivity contribution is 0.337. The number of benzene rings is 1.